The zero-order valence-electron chi connectivity index (χ0n) is 16.6. The second kappa shape index (κ2) is 8.69. The number of hydrogen-bond donors (Lipinski definition) is 3. The molecular formula is C24H23ClN4O. The van der Waals surface area contributed by atoms with Crippen LogP contribution >= 0.6 is 11.6 Å². The Balaban J connectivity index is 1.83. The molecular weight excluding hydrogens is 396 g/mol. The SMILES string of the molecule is CCC(N)CNc1nc(-c2cc(-c3ccccc3Cl)ccc2O)nc2ccccc12. The Hall–Kier alpha value is -3.15. The summed E-state index contributed by atoms with van der Waals surface area (Å²) < 4.78 is 0. The molecule has 1 heterocycles. The molecule has 6 heteroatoms. The summed E-state index contributed by atoms with van der Waals surface area (Å²) in [4.78, 5) is 9.42. The summed E-state index contributed by atoms with van der Waals surface area (Å²) in [6, 6.07) is 20.8. The molecule has 1 atom stereocenters. The first-order valence-electron chi connectivity index (χ1n) is 9.91. The average Bonchev–Trinajstić information content (AvgIpc) is 2.78. The van der Waals surface area contributed by atoms with Crippen molar-refractivity contribution in [1.29, 1.82) is 0 Å². The van der Waals surface area contributed by atoms with Crippen molar-refractivity contribution in [1.82, 2.24) is 9.97 Å². The van der Waals surface area contributed by atoms with Crippen LogP contribution in [0.1, 0.15) is 13.3 Å². The molecule has 0 spiro atoms. The highest BCUT2D eigenvalue weighted by Gasteiger charge is 2.15. The van der Waals surface area contributed by atoms with Gasteiger partial charge in [-0.3, -0.25) is 0 Å². The Kier molecular flexibility index (Phi) is 5.84. The first-order chi connectivity index (χ1) is 14.6. The number of aromatic hydroxyl groups is 1. The average molecular weight is 419 g/mol. The number of anilines is 1. The second-order valence-electron chi connectivity index (χ2n) is 7.17. The molecule has 0 saturated carbocycles. The largest absolute Gasteiger partial charge is 0.507 e. The number of benzene rings is 3. The number of aromatic nitrogens is 2. The maximum atomic E-state index is 10.6. The predicted octanol–water partition coefficient (Wildman–Crippen LogP) is 5.47. The van der Waals surface area contributed by atoms with Crippen LogP contribution in [-0.4, -0.2) is 27.7 Å². The highest BCUT2D eigenvalue weighted by molar-refractivity contribution is 6.33. The number of phenols is 1. The third-order valence-electron chi connectivity index (χ3n) is 5.08. The van der Waals surface area contributed by atoms with Gasteiger partial charge in [-0.15, -0.1) is 0 Å². The molecule has 152 valence electrons. The van der Waals surface area contributed by atoms with Crippen molar-refractivity contribution in [3.63, 3.8) is 0 Å². The minimum atomic E-state index is 0.0270. The molecule has 4 rings (SSSR count). The van der Waals surface area contributed by atoms with Gasteiger partial charge in [0, 0.05) is 28.6 Å². The van der Waals surface area contributed by atoms with Gasteiger partial charge in [-0.1, -0.05) is 54.9 Å². The molecule has 30 heavy (non-hydrogen) atoms. The topological polar surface area (TPSA) is 84.1 Å². The summed E-state index contributed by atoms with van der Waals surface area (Å²) in [6.45, 7) is 2.65. The van der Waals surface area contributed by atoms with Crippen molar-refractivity contribution in [2.24, 2.45) is 5.73 Å². The molecule has 1 aromatic heterocycles. The highest BCUT2D eigenvalue weighted by atomic mass is 35.5. The van der Waals surface area contributed by atoms with Gasteiger partial charge < -0.3 is 16.2 Å². The van der Waals surface area contributed by atoms with Crippen LogP contribution in [-0.2, 0) is 0 Å². The van der Waals surface area contributed by atoms with Gasteiger partial charge >= 0.3 is 0 Å². The second-order valence-corrected chi connectivity index (χ2v) is 7.58. The van der Waals surface area contributed by atoms with Gasteiger partial charge in [-0.2, -0.15) is 0 Å². The van der Waals surface area contributed by atoms with Crippen LogP contribution in [0, 0.1) is 0 Å². The minimum absolute atomic E-state index is 0.0270. The first-order valence-corrected chi connectivity index (χ1v) is 10.3. The molecule has 3 aromatic carbocycles. The Bertz CT molecular complexity index is 1190. The molecule has 5 nitrogen and oxygen atoms in total. The lowest BCUT2D eigenvalue weighted by Gasteiger charge is -2.15. The smallest absolute Gasteiger partial charge is 0.165 e. The van der Waals surface area contributed by atoms with Crippen LogP contribution in [0.3, 0.4) is 0 Å². The highest BCUT2D eigenvalue weighted by Crippen LogP contribution is 2.36. The van der Waals surface area contributed by atoms with Gasteiger partial charge in [0.2, 0.25) is 0 Å². The fourth-order valence-corrected chi connectivity index (χ4v) is 3.53. The normalized spacial score (nSPS) is 12.1. The predicted molar refractivity (Wildman–Crippen MR) is 124 cm³/mol. The van der Waals surface area contributed by atoms with Gasteiger partial charge in [0.1, 0.15) is 11.6 Å². The van der Waals surface area contributed by atoms with E-state index >= 15 is 0 Å². The Morgan fingerprint density at radius 2 is 1.77 bits per heavy atom. The fourth-order valence-electron chi connectivity index (χ4n) is 3.28. The zero-order chi connectivity index (χ0) is 21.1. The number of nitrogens with two attached hydrogens (primary N) is 1. The van der Waals surface area contributed by atoms with Gasteiger partial charge in [0.15, 0.2) is 5.82 Å². The van der Waals surface area contributed by atoms with Crippen LogP contribution in [0.15, 0.2) is 66.7 Å². The standard InChI is InChI=1S/C24H23ClN4O/c1-2-16(26)14-27-23-18-8-4-6-10-21(18)28-24(29-23)19-13-15(11-12-22(19)30)17-7-3-5-9-20(17)25/h3-13,16,30H,2,14,26H2,1H3,(H,27,28,29). The quantitative estimate of drug-likeness (QED) is 0.386. The lowest BCUT2D eigenvalue weighted by molar-refractivity contribution is 0.477. The maximum absolute atomic E-state index is 10.6. The first kappa shape index (κ1) is 20.1. The number of rotatable bonds is 6. The van der Waals surface area contributed by atoms with E-state index in [1.807, 2.05) is 67.6 Å². The number of halogens is 1. The summed E-state index contributed by atoms with van der Waals surface area (Å²) >= 11 is 6.37. The molecule has 0 fully saturated rings. The van der Waals surface area contributed by atoms with Crippen LogP contribution in [0.5, 0.6) is 5.75 Å². The van der Waals surface area contributed by atoms with Gasteiger partial charge in [0.25, 0.3) is 0 Å². The van der Waals surface area contributed by atoms with E-state index in [0.717, 1.165) is 28.5 Å². The molecule has 1 unspecified atom stereocenters. The van der Waals surface area contributed by atoms with Crippen LogP contribution < -0.4 is 11.1 Å². The molecule has 0 aliphatic carbocycles. The Morgan fingerprint density at radius 3 is 2.57 bits per heavy atom. The van der Waals surface area contributed by atoms with E-state index in [-0.39, 0.29) is 11.8 Å². The number of nitrogens with one attached hydrogen (secondary N) is 1. The van der Waals surface area contributed by atoms with E-state index in [2.05, 4.69) is 5.32 Å². The minimum Gasteiger partial charge on any atom is -0.507 e. The molecule has 0 radical (unpaired) electrons. The van der Waals surface area contributed by atoms with Crippen molar-refractivity contribution >= 4 is 28.3 Å². The summed E-state index contributed by atoms with van der Waals surface area (Å²) in [5.74, 6) is 1.24. The third kappa shape index (κ3) is 4.08. The maximum Gasteiger partial charge on any atom is 0.165 e. The van der Waals surface area contributed by atoms with Crippen molar-refractivity contribution < 1.29 is 5.11 Å². The fraction of sp³-hybridized carbons (Fsp3) is 0.167. The number of nitrogens with zero attached hydrogens (tertiary/aromatic N) is 2. The van der Waals surface area contributed by atoms with Crippen LogP contribution in [0.2, 0.25) is 5.02 Å². The summed E-state index contributed by atoms with van der Waals surface area (Å²) in [6.07, 6.45) is 0.865. The molecule has 0 aliphatic rings. The van der Waals surface area contributed by atoms with E-state index in [1.54, 1.807) is 6.07 Å². The zero-order valence-corrected chi connectivity index (χ0v) is 17.4. The number of hydrogen-bond acceptors (Lipinski definition) is 5. The monoisotopic (exact) mass is 418 g/mol. The molecule has 0 saturated heterocycles. The van der Waals surface area contributed by atoms with Gasteiger partial charge in [0.05, 0.1) is 11.1 Å². The molecule has 4 aromatic rings. The molecule has 4 N–H and O–H groups in total. The Morgan fingerprint density at radius 1 is 1.00 bits per heavy atom. The van der Waals surface area contributed by atoms with Crippen molar-refractivity contribution in [3.8, 4) is 28.3 Å². The van der Waals surface area contributed by atoms with Crippen LogP contribution in [0.25, 0.3) is 33.4 Å². The lowest BCUT2D eigenvalue weighted by Crippen LogP contribution is -2.28. The van der Waals surface area contributed by atoms with E-state index in [9.17, 15) is 5.11 Å². The third-order valence-corrected chi connectivity index (χ3v) is 5.41. The number of para-hydroxylation sites is 1. The van der Waals surface area contributed by atoms with Crippen molar-refractivity contribution in [2.75, 3.05) is 11.9 Å². The van der Waals surface area contributed by atoms with Gasteiger partial charge in [-0.25, -0.2) is 9.97 Å². The Labute approximate surface area is 180 Å². The van der Waals surface area contributed by atoms with Gasteiger partial charge in [-0.05, 0) is 42.3 Å². The molecule has 0 bridgehead atoms. The summed E-state index contributed by atoms with van der Waals surface area (Å²) in [5, 5.41) is 15.5. The number of phenolic OH excluding ortho intramolecular Hbond substituents is 1. The van der Waals surface area contributed by atoms with Crippen LogP contribution in [0.4, 0.5) is 5.82 Å². The molecule has 0 amide bonds. The van der Waals surface area contributed by atoms with Crippen molar-refractivity contribution in [2.45, 2.75) is 19.4 Å². The van der Waals surface area contributed by atoms with E-state index < -0.39 is 0 Å². The number of fused-ring (bicyclic) bond motifs is 1. The molecule has 0 aliphatic heterocycles. The van der Waals surface area contributed by atoms with Crippen molar-refractivity contribution in [3.05, 3.63) is 71.8 Å². The van der Waals surface area contributed by atoms with E-state index in [1.165, 1.54) is 0 Å². The summed E-state index contributed by atoms with van der Waals surface area (Å²) in [5.41, 5.74) is 9.18. The van der Waals surface area contributed by atoms with E-state index in [4.69, 9.17) is 27.3 Å². The summed E-state index contributed by atoms with van der Waals surface area (Å²) in [7, 11) is 0. The lowest BCUT2D eigenvalue weighted by atomic mass is 10.0. The van der Waals surface area contributed by atoms with E-state index in [0.29, 0.717) is 28.8 Å².